The zero-order chi connectivity index (χ0) is 60.6. The molecule has 0 aromatic heterocycles. The molecule has 0 saturated carbocycles. The third kappa shape index (κ3) is 14.6. The Kier molecular flexibility index (Phi) is 23.5. The smallest absolute Gasteiger partial charge is 0.187 e. The molecule has 0 spiro atoms. The van der Waals surface area contributed by atoms with Crippen LogP contribution in [0.1, 0.15) is 0 Å². The third-order valence-corrected chi connectivity index (χ3v) is 15.4. The van der Waals surface area contributed by atoms with Crippen LogP contribution in [0.5, 0.6) is 0 Å². The zero-order valence-electron chi connectivity index (χ0n) is 43.4. The van der Waals surface area contributed by atoms with Gasteiger partial charge in [-0.25, -0.2) is 0 Å². The molecule has 83 heavy (non-hydrogen) atoms. The summed E-state index contributed by atoms with van der Waals surface area (Å²) in [4.78, 5) is 0. The van der Waals surface area contributed by atoms with Crippen LogP contribution in [0.15, 0.2) is 0 Å². The van der Waals surface area contributed by atoms with E-state index in [2.05, 4.69) is 0 Å². The second kappa shape index (κ2) is 29.0. The summed E-state index contributed by atoms with van der Waals surface area (Å²) >= 11 is 0. The maximum absolute atomic E-state index is 12.0. The first kappa shape index (κ1) is 67.4. The highest BCUT2D eigenvalue weighted by molar-refractivity contribution is 5.00. The number of aliphatic hydroxyl groups is 23. The Balaban J connectivity index is 1.06. The van der Waals surface area contributed by atoms with Crippen LogP contribution in [0.4, 0.5) is 0 Å². The molecule has 38 heteroatoms. The van der Waals surface area contributed by atoms with E-state index in [1.807, 2.05) is 0 Å². The molecule has 0 amide bonds. The van der Waals surface area contributed by atoms with Crippen molar-refractivity contribution in [3.63, 3.8) is 0 Å². The van der Waals surface area contributed by atoms with E-state index in [1.165, 1.54) is 0 Å². The van der Waals surface area contributed by atoms with Crippen molar-refractivity contribution in [2.75, 3.05) is 52.9 Å². The number of hydrogen-bond acceptors (Lipinski definition) is 38. The lowest BCUT2D eigenvalue weighted by atomic mass is 9.95. The summed E-state index contributed by atoms with van der Waals surface area (Å²) in [5.41, 5.74) is 0. The molecule has 8 heterocycles. The highest BCUT2D eigenvalue weighted by Gasteiger charge is 2.57. The molecule has 38 nitrogen and oxygen atoms in total. The van der Waals surface area contributed by atoms with Crippen molar-refractivity contribution in [2.24, 2.45) is 0 Å². The molecule has 8 fully saturated rings. The van der Waals surface area contributed by atoms with E-state index in [4.69, 9.17) is 71.1 Å². The van der Waals surface area contributed by atoms with Crippen molar-refractivity contribution in [1.82, 2.24) is 0 Å². The minimum Gasteiger partial charge on any atom is -0.394 e. The summed E-state index contributed by atoms with van der Waals surface area (Å²) in [5, 5.41) is 246. The van der Waals surface area contributed by atoms with Gasteiger partial charge in [0, 0.05) is 0 Å². The zero-order valence-corrected chi connectivity index (χ0v) is 43.4. The molecule has 0 radical (unpaired) electrons. The van der Waals surface area contributed by atoms with Crippen LogP contribution < -0.4 is 0 Å². The second-order valence-corrected chi connectivity index (χ2v) is 21.2. The molecular weight excluding hydrogens is 1150 g/mol. The predicted octanol–water partition coefficient (Wildman–Crippen LogP) is -16.5. The van der Waals surface area contributed by atoms with Crippen molar-refractivity contribution in [2.45, 2.75) is 227 Å². The predicted molar refractivity (Wildman–Crippen MR) is 246 cm³/mol. The van der Waals surface area contributed by atoms with Crippen molar-refractivity contribution >= 4 is 0 Å². The molecule has 8 rings (SSSR count). The molecule has 0 aliphatic carbocycles. The molecule has 0 bridgehead atoms. The fourth-order valence-corrected chi connectivity index (χ4v) is 10.3. The van der Waals surface area contributed by atoms with Crippen molar-refractivity contribution in [3.05, 3.63) is 0 Å². The quantitative estimate of drug-likeness (QED) is 0.0571. The van der Waals surface area contributed by atoms with E-state index in [1.54, 1.807) is 0 Å². The number of hydrogen-bond donors (Lipinski definition) is 23. The summed E-state index contributed by atoms with van der Waals surface area (Å²) in [5.74, 6) is 0. The van der Waals surface area contributed by atoms with Gasteiger partial charge in [0.1, 0.15) is 177 Å². The van der Waals surface area contributed by atoms with E-state index in [9.17, 15) is 117 Å². The minimum absolute atomic E-state index is 0.509. The molecule has 8 aliphatic heterocycles. The lowest BCUT2D eigenvalue weighted by molar-refractivity contribution is -0.395. The lowest BCUT2D eigenvalue weighted by Crippen LogP contribution is -2.68. The SMILES string of the molecule is OC[C@H]1O[C@@H](O[C@H]2[C@@H](OC[C@H]3O[C@@H](O[C@H]4[C@H](O)[C@@H](O)[C@H](O[C@H]5[C@H](O)[C@@H](O)C(O)O[C@@H]5CO)O[C@@H]4CO[C@H]4OC[C@@H](O)[C@H](O)[C@H]4O)[C@H](O)[C@@H](O)[C@@H]3O[C@@H]3O[C@H](CO[C@H]4OC[C@@H](O)[C@H](O)[C@H]4O)[C@@H](O)[C@H](O)[C@H]3O)OC[C@@H](O)[C@@H]2O)[C@H](O)[C@@H](O)[C@H]1O. The first-order valence-electron chi connectivity index (χ1n) is 26.4. The number of ether oxygens (including phenoxy) is 15. The van der Waals surface area contributed by atoms with Crippen LogP contribution >= 0.6 is 0 Å². The Hall–Kier alpha value is -1.52. The molecule has 37 atom stereocenters. The van der Waals surface area contributed by atoms with Gasteiger partial charge in [-0.2, -0.15) is 0 Å². The van der Waals surface area contributed by atoms with Crippen molar-refractivity contribution in [1.29, 1.82) is 0 Å². The Bertz CT molecular complexity index is 1970. The van der Waals surface area contributed by atoms with Gasteiger partial charge in [0.2, 0.25) is 0 Å². The second-order valence-electron chi connectivity index (χ2n) is 21.2. The van der Waals surface area contributed by atoms with Gasteiger partial charge in [0.15, 0.2) is 50.3 Å². The normalized spacial score (nSPS) is 53.9. The first-order chi connectivity index (χ1) is 39.3. The summed E-state index contributed by atoms with van der Waals surface area (Å²) in [7, 11) is 0. The van der Waals surface area contributed by atoms with Gasteiger partial charge < -0.3 is 189 Å². The maximum Gasteiger partial charge on any atom is 0.187 e. The van der Waals surface area contributed by atoms with Crippen molar-refractivity contribution < 1.29 is 189 Å². The highest BCUT2D eigenvalue weighted by Crippen LogP contribution is 2.37. The van der Waals surface area contributed by atoms with Gasteiger partial charge >= 0.3 is 0 Å². The molecule has 23 N–H and O–H groups in total. The highest BCUT2D eigenvalue weighted by atomic mass is 16.8. The minimum atomic E-state index is -2.39. The molecule has 484 valence electrons. The maximum atomic E-state index is 12.0. The van der Waals surface area contributed by atoms with Gasteiger partial charge in [-0.1, -0.05) is 0 Å². The Morgan fingerprint density at radius 3 is 1.01 bits per heavy atom. The van der Waals surface area contributed by atoms with Gasteiger partial charge in [0.05, 0.1) is 52.9 Å². The topological polar surface area (TPSA) is 604 Å². The van der Waals surface area contributed by atoms with Crippen LogP contribution in [-0.2, 0) is 71.1 Å². The monoisotopic (exact) mass is 1220 g/mol. The molecule has 0 aromatic rings. The summed E-state index contributed by atoms with van der Waals surface area (Å²) in [6, 6.07) is 0. The lowest BCUT2D eigenvalue weighted by Gasteiger charge is -2.49. The molecule has 1 unspecified atom stereocenters. The number of aliphatic hydroxyl groups excluding tert-OH is 23. The fourth-order valence-electron chi connectivity index (χ4n) is 10.3. The molecule has 0 aromatic carbocycles. The first-order valence-corrected chi connectivity index (χ1v) is 26.4. The summed E-state index contributed by atoms with van der Waals surface area (Å²) < 4.78 is 84.8. The standard InChI is InChI=1S/C45H76O38/c46-1-12-20(54)22(56)30(64)41(76-12)83-37-19(53)11(50)5-71-45(37)74-8-16-36(81-42-31(65)23(57)21(55)14(77-42)6-72-39-28(62)17(51)9(48)3-69-39)26(60)33(67)44(79-16)82-35-15(7-73-40-29(63)18(52)10(49)4-70-40)78-43(32(66)25(35)59)80-34-13(2-47)75-38(68)27(61)24(34)58/h9-68H,1-8H2/t9-,10-,11-,12-,13-,14-,15-,16-,17+,18+,19+,20+,21-,22+,23+,24-,25-,26-,27-,28-,29-,30-,31-,32-,33-,34-,35-,36-,37-,38?,39-,40-,41+,42+,43+,44+,45-/m1/s1. The van der Waals surface area contributed by atoms with Gasteiger partial charge in [-0.3, -0.25) is 0 Å². The molecular formula is C45H76O38. The van der Waals surface area contributed by atoms with Crippen LogP contribution in [-0.4, -0.2) is 398 Å². The van der Waals surface area contributed by atoms with Gasteiger partial charge in [-0.05, 0) is 0 Å². The largest absolute Gasteiger partial charge is 0.394 e. The van der Waals surface area contributed by atoms with Crippen LogP contribution in [0.3, 0.4) is 0 Å². The fraction of sp³-hybridized carbons (Fsp3) is 1.00. The molecule has 8 aliphatic rings. The van der Waals surface area contributed by atoms with E-state index < -0.39 is 280 Å². The Morgan fingerprint density at radius 1 is 0.253 bits per heavy atom. The van der Waals surface area contributed by atoms with Crippen LogP contribution in [0.2, 0.25) is 0 Å². The van der Waals surface area contributed by atoms with E-state index in [0.717, 1.165) is 0 Å². The van der Waals surface area contributed by atoms with E-state index in [-0.39, 0.29) is 0 Å². The van der Waals surface area contributed by atoms with Crippen LogP contribution in [0.25, 0.3) is 0 Å². The summed E-state index contributed by atoms with van der Waals surface area (Å²) in [6.45, 7) is -6.37. The summed E-state index contributed by atoms with van der Waals surface area (Å²) in [6.07, 6.45) is -72.3. The molecule has 8 saturated heterocycles. The third-order valence-electron chi connectivity index (χ3n) is 15.4. The Labute approximate surface area is 468 Å². The van der Waals surface area contributed by atoms with Gasteiger partial charge in [0.25, 0.3) is 0 Å². The number of rotatable bonds is 19. The van der Waals surface area contributed by atoms with Crippen molar-refractivity contribution in [3.8, 4) is 0 Å². The van der Waals surface area contributed by atoms with Gasteiger partial charge in [-0.15, -0.1) is 0 Å². The average Bonchev–Trinajstić information content (AvgIpc) is 3.35. The van der Waals surface area contributed by atoms with E-state index >= 15 is 0 Å². The van der Waals surface area contributed by atoms with E-state index in [0.29, 0.717) is 0 Å². The average molecular weight is 1230 g/mol. The van der Waals surface area contributed by atoms with Crippen LogP contribution in [0, 0.1) is 0 Å². The Morgan fingerprint density at radius 2 is 0.566 bits per heavy atom.